The number of primary amides is 1. The molecular formula is C12H18ClN3O2S. The highest BCUT2D eigenvalue weighted by molar-refractivity contribution is 7.13. The van der Waals surface area contributed by atoms with E-state index in [1.807, 2.05) is 0 Å². The van der Waals surface area contributed by atoms with E-state index < -0.39 is 5.91 Å². The molecule has 2 aliphatic rings. The van der Waals surface area contributed by atoms with Gasteiger partial charge in [0.25, 0.3) is 5.91 Å². The van der Waals surface area contributed by atoms with Crippen LogP contribution in [0.2, 0.25) is 0 Å². The molecule has 0 bridgehead atoms. The molecular weight excluding hydrogens is 286 g/mol. The molecule has 19 heavy (non-hydrogen) atoms. The molecule has 1 amide bonds. The summed E-state index contributed by atoms with van der Waals surface area (Å²) in [4.78, 5) is 19.2. The van der Waals surface area contributed by atoms with Gasteiger partial charge in [-0.1, -0.05) is 0 Å². The van der Waals surface area contributed by atoms with Gasteiger partial charge in [0.05, 0.1) is 5.69 Å². The number of nitrogens with zero attached hydrogens (tertiary/aromatic N) is 2. The Morgan fingerprint density at radius 1 is 1.42 bits per heavy atom. The van der Waals surface area contributed by atoms with Crippen LogP contribution in [0.25, 0.3) is 0 Å². The van der Waals surface area contributed by atoms with Crippen LogP contribution in [0.1, 0.15) is 33.2 Å². The quantitative estimate of drug-likeness (QED) is 0.891. The fourth-order valence-electron chi connectivity index (χ4n) is 2.68. The van der Waals surface area contributed by atoms with Crippen LogP contribution in [0, 0.1) is 0 Å². The number of rotatable bonds is 2. The molecule has 1 aromatic heterocycles. The topological polar surface area (TPSA) is 68.5 Å². The molecule has 0 saturated carbocycles. The number of thiazole rings is 1. The third kappa shape index (κ3) is 3.08. The van der Waals surface area contributed by atoms with Gasteiger partial charge in [-0.05, 0) is 12.8 Å². The Labute approximate surface area is 122 Å². The van der Waals surface area contributed by atoms with Crippen molar-refractivity contribution in [1.29, 1.82) is 0 Å². The number of carbonyl (C=O) groups is 1. The number of carbonyl (C=O) groups excluding carboxylic acids is 1. The molecule has 106 valence electrons. The highest BCUT2D eigenvalue weighted by atomic mass is 35.5. The molecule has 0 unspecified atom stereocenters. The molecule has 0 atom stereocenters. The molecule has 3 rings (SSSR count). The Hall–Kier alpha value is -0.690. The molecule has 2 N–H and O–H groups in total. The first-order valence-electron chi connectivity index (χ1n) is 6.34. The molecule has 0 radical (unpaired) electrons. The second kappa shape index (κ2) is 6.17. The fourth-order valence-corrected chi connectivity index (χ4v) is 3.67. The van der Waals surface area contributed by atoms with Crippen LogP contribution in [0.3, 0.4) is 0 Å². The molecule has 5 nitrogen and oxygen atoms in total. The normalized spacial score (nSPS) is 20.6. The van der Waals surface area contributed by atoms with Crippen LogP contribution in [0.5, 0.6) is 0 Å². The Morgan fingerprint density at radius 3 is 2.84 bits per heavy atom. The standard InChI is InChI=1S/C12H17N3O2S.ClH/c13-11(16)12-14-9-1-4-15(7-10(9)18-12)8-2-5-17-6-3-8;/h8H,1-7H2,(H2,13,16);1H. The van der Waals surface area contributed by atoms with Crippen molar-refractivity contribution in [3.05, 3.63) is 15.6 Å². The average molecular weight is 304 g/mol. The van der Waals surface area contributed by atoms with Gasteiger partial charge in [-0.15, -0.1) is 23.7 Å². The zero-order valence-corrected chi connectivity index (χ0v) is 12.3. The van der Waals surface area contributed by atoms with E-state index in [2.05, 4.69) is 9.88 Å². The maximum Gasteiger partial charge on any atom is 0.277 e. The van der Waals surface area contributed by atoms with Gasteiger partial charge in [0.1, 0.15) is 0 Å². The number of ether oxygens (including phenoxy) is 1. The van der Waals surface area contributed by atoms with Crippen LogP contribution in [-0.2, 0) is 17.7 Å². The molecule has 3 heterocycles. The number of halogens is 1. The fraction of sp³-hybridized carbons (Fsp3) is 0.667. The van der Waals surface area contributed by atoms with Crippen LogP contribution in [-0.4, -0.2) is 41.6 Å². The molecule has 1 aromatic rings. The SMILES string of the molecule is Cl.NC(=O)c1nc2c(s1)CN(C1CCOCC1)CC2. The van der Waals surface area contributed by atoms with Crippen molar-refractivity contribution >= 4 is 29.7 Å². The second-order valence-electron chi connectivity index (χ2n) is 4.82. The van der Waals surface area contributed by atoms with E-state index in [1.165, 1.54) is 16.2 Å². The highest BCUT2D eigenvalue weighted by Gasteiger charge is 2.27. The van der Waals surface area contributed by atoms with Crippen molar-refractivity contribution < 1.29 is 9.53 Å². The summed E-state index contributed by atoms with van der Waals surface area (Å²) in [5.74, 6) is -0.410. The van der Waals surface area contributed by atoms with E-state index in [0.29, 0.717) is 11.0 Å². The monoisotopic (exact) mass is 303 g/mol. The van der Waals surface area contributed by atoms with Crippen molar-refractivity contribution in [1.82, 2.24) is 9.88 Å². The second-order valence-corrected chi connectivity index (χ2v) is 5.90. The van der Waals surface area contributed by atoms with Gasteiger partial charge in [0, 0.05) is 43.6 Å². The van der Waals surface area contributed by atoms with E-state index in [9.17, 15) is 4.79 Å². The van der Waals surface area contributed by atoms with E-state index in [0.717, 1.165) is 51.3 Å². The maximum absolute atomic E-state index is 11.1. The Bertz CT molecular complexity index is 460. The number of nitrogens with two attached hydrogens (primary N) is 1. The summed E-state index contributed by atoms with van der Waals surface area (Å²) in [6.07, 6.45) is 3.14. The summed E-state index contributed by atoms with van der Waals surface area (Å²) in [6, 6.07) is 0.617. The Kier molecular flexibility index (Phi) is 4.78. The number of hydrogen-bond donors (Lipinski definition) is 1. The van der Waals surface area contributed by atoms with Gasteiger partial charge in [-0.25, -0.2) is 4.98 Å². The average Bonchev–Trinajstić information content (AvgIpc) is 2.82. The van der Waals surface area contributed by atoms with Crippen LogP contribution >= 0.6 is 23.7 Å². The highest BCUT2D eigenvalue weighted by Crippen LogP contribution is 2.28. The summed E-state index contributed by atoms with van der Waals surface area (Å²) in [5.41, 5.74) is 6.35. The van der Waals surface area contributed by atoms with Crippen molar-refractivity contribution in [3.63, 3.8) is 0 Å². The summed E-state index contributed by atoms with van der Waals surface area (Å²) in [5, 5.41) is 0.453. The lowest BCUT2D eigenvalue weighted by atomic mass is 10.0. The van der Waals surface area contributed by atoms with Crippen molar-refractivity contribution in [2.45, 2.75) is 31.8 Å². The van der Waals surface area contributed by atoms with Crippen LogP contribution < -0.4 is 5.73 Å². The molecule has 7 heteroatoms. The first-order chi connectivity index (χ1) is 8.74. The molecule has 1 saturated heterocycles. The van der Waals surface area contributed by atoms with E-state index >= 15 is 0 Å². The lowest BCUT2D eigenvalue weighted by Gasteiger charge is -2.36. The molecule has 0 aromatic carbocycles. The predicted octanol–water partition coefficient (Wildman–Crippen LogP) is 1.20. The van der Waals surface area contributed by atoms with Crippen molar-refractivity contribution in [2.24, 2.45) is 5.73 Å². The van der Waals surface area contributed by atoms with Crippen molar-refractivity contribution in [2.75, 3.05) is 19.8 Å². The molecule has 0 spiro atoms. The third-order valence-corrected chi connectivity index (χ3v) is 4.78. The minimum absolute atomic E-state index is 0. The lowest BCUT2D eigenvalue weighted by Crippen LogP contribution is -2.42. The van der Waals surface area contributed by atoms with Gasteiger partial charge in [-0.3, -0.25) is 9.69 Å². The molecule has 2 aliphatic heterocycles. The zero-order chi connectivity index (χ0) is 12.5. The first kappa shape index (κ1) is 14.7. The van der Waals surface area contributed by atoms with E-state index in [1.54, 1.807) is 0 Å². The Balaban J connectivity index is 0.00000133. The largest absolute Gasteiger partial charge is 0.381 e. The lowest BCUT2D eigenvalue weighted by molar-refractivity contribution is 0.0293. The smallest absolute Gasteiger partial charge is 0.277 e. The summed E-state index contributed by atoms with van der Waals surface area (Å²) < 4.78 is 5.40. The number of fused-ring (bicyclic) bond motifs is 1. The summed E-state index contributed by atoms with van der Waals surface area (Å²) in [6.45, 7) is 3.66. The molecule has 1 fully saturated rings. The van der Waals surface area contributed by atoms with E-state index in [4.69, 9.17) is 10.5 Å². The minimum atomic E-state index is -0.410. The van der Waals surface area contributed by atoms with Gasteiger partial charge < -0.3 is 10.5 Å². The summed E-state index contributed by atoms with van der Waals surface area (Å²) >= 11 is 1.45. The van der Waals surface area contributed by atoms with Gasteiger partial charge in [0.2, 0.25) is 0 Å². The summed E-state index contributed by atoms with van der Waals surface area (Å²) in [7, 11) is 0. The number of hydrogen-bond acceptors (Lipinski definition) is 5. The van der Waals surface area contributed by atoms with Crippen LogP contribution in [0.15, 0.2) is 0 Å². The van der Waals surface area contributed by atoms with Crippen molar-refractivity contribution in [3.8, 4) is 0 Å². The third-order valence-electron chi connectivity index (χ3n) is 3.68. The van der Waals surface area contributed by atoms with Gasteiger partial charge in [-0.2, -0.15) is 0 Å². The van der Waals surface area contributed by atoms with Gasteiger partial charge >= 0.3 is 0 Å². The minimum Gasteiger partial charge on any atom is -0.381 e. The maximum atomic E-state index is 11.1. The number of aromatic nitrogens is 1. The van der Waals surface area contributed by atoms with Gasteiger partial charge in [0.15, 0.2) is 5.01 Å². The Morgan fingerprint density at radius 2 is 2.16 bits per heavy atom. The molecule has 0 aliphatic carbocycles. The zero-order valence-electron chi connectivity index (χ0n) is 10.6. The predicted molar refractivity (Wildman–Crippen MR) is 75.8 cm³/mol. The first-order valence-corrected chi connectivity index (χ1v) is 7.16. The number of amides is 1. The van der Waals surface area contributed by atoms with E-state index in [-0.39, 0.29) is 12.4 Å². The van der Waals surface area contributed by atoms with Crippen LogP contribution in [0.4, 0.5) is 0 Å².